The molecule has 2 N–H and O–H groups in total. The molecule has 0 radical (unpaired) electrons. The molecular weight excluding hydrogens is 268 g/mol. The lowest BCUT2D eigenvalue weighted by Gasteiger charge is -2.09. The van der Waals surface area contributed by atoms with E-state index >= 15 is 0 Å². The summed E-state index contributed by atoms with van der Waals surface area (Å²) in [6.45, 7) is 6.47. The van der Waals surface area contributed by atoms with Crippen molar-refractivity contribution in [3.63, 3.8) is 0 Å². The third-order valence-corrected chi connectivity index (χ3v) is 2.90. The van der Waals surface area contributed by atoms with Crippen LogP contribution in [0.15, 0.2) is 36.9 Å². The van der Waals surface area contributed by atoms with Crippen molar-refractivity contribution in [2.75, 3.05) is 24.0 Å². The van der Waals surface area contributed by atoms with Crippen molar-refractivity contribution in [1.29, 1.82) is 0 Å². The van der Waals surface area contributed by atoms with Crippen molar-refractivity contribution in [2.24, 2.45) is 0 Å². The van der Waals surface area contributed by atoms with E-state index < -0.39 is 0 Å². The van der Waals surface area contributed by atoms with E-state index in [1.165, 1.54) is 0 Å². The molecule has 0 amide bonds. The van der Waals surface area contributed by atoms with E-state index in [9.17, 15) is 0 Å². The highest BCUT2D eigenvalue weighted by Crippen LogP contribution is 2.34. The molecule has 0 fully saturated rings. The van der Waals surface area contributed by atoms with Gasteiger partial charge in [-0.25, -0.2) is 4.98 Å². The Hall–Kier alpha value is -2.76. The summed E-state index contributed by atoms with van der Waals surface area (Å²) in [5.41, 5.74) is 1.76. The van der Waals surface area contributed by atoms with E-state index in [2.05, 4.69) is 27.2 Å². The van der Waals surface area contributed by atoms with Crippen molar-refractivity contribution < 1.29 is 9.47 Å². The highest BCUT2D eigenvalue weighted by Gasteiger charge is 2.13. The van der Waals surface area contributed by atoms with Gasteiger partial charge in [0.05, 0.1) is 0 Å². The molecule has 0 bridgehead atoms. The number of nitrogens with zero attached hydrogens (tertiary/aromatic N) is 2. The second kappa shape index (κ2) is 5.70. The van der Waals surface area contributed by atoms with Gasteiger partial charge in [-0.05, 0) is 19.1 Å². The summed E-state index contributed by atoms with van der Waals surface area (Å²) in [6, 6.07) is 7.55. The Labute approximate surface area is 122 Å². The monoisotopic (exact) mass is 284 g/mol. The molecule has 1 aliphatic rings. The van der Waals surface area contributed by atoms with Gasteiger partial charge in [-0.15, -0.1) is 6.58 Å². The van der Waals surface area contributed by atoms with Gasteiger partial charge in [-0.2, -0.15) is 4.98 Å². The quantitative estimate of drug-likeness (QED) is 0.823. The van der Waals surface area contributed by atoms with Crippen LogP contribution in [0.5, 0.6) is 11.5 Å². The first-order chi connectivity index (χ1) is 10.2. The minimum absolute atomic E-state index is 0.265. The third-order valence-electron chi connectivity index (χ3n) is 2.90. The molecule has 21 heavy (non-hydrogen) atoms. The summed E-state index contributed by atoms with van der Waals surface area (Å²) in [6.07, 6.45) is 1.76. The smallest absolute Gasteiger partial charge is 0.231 e. The van der Waals surface area contributed by atoms with Crippen LogP contribution >= 0.6 is 0 Å². The average Bonchev–Trinajstić information content (AvgIpc) is 2.92. The van der Waals surface area contributed by atoms with Crippen LogP contribution < -0.4 is 20.1 Å². The van der Waals surface area contributed by atoms with Crippen LogP contribution in [0.4, 0.5) is 17.5 Å². The molecule has 0 saturated heterocycles. The summed E-state index contributed by atoms with van der Waals surface area (Å²) < 4.78 is 10.7. The number of rotatable bonds is 5. The molecule has 6 nitrogen and oxygen atoms in total. The number of hydrogen-bond acceptors (Lipinski definition) is 6. The molecule has 0 unspecified atom stereocenters. The average molecular weight is 284 g/mol. The summed E-state index contributed by atoms with van der Waals surface area (Å²) in [5.74, 6) is 2.77. The fourth-order valence-corrected chi connectivity index (χ4v) is 2.00. The number of benzene rings is 1. The first-order valence-corrected chi connectivity index (χ1v) is 6.62. The van der Waals surface area contributed by atoms with Crippen LogP contribution in [-0.2, 0) is 0 Å². The van der Waals surface area contributed by atoms with Crippen LogP contribution in [0.25, 0.3) is 0 Å². The summed E-state index contributed by atoms with van der Waals surface area (Å²) in [7, 11) is 0. The van der Waals surface area contributed by atoms with Gasteiger partial charge in [0.2, 0.25) is 12.7 Å². The molecule has 0 aliphatic carbocycles. The number of nitrogens with one attached hydrogen (secondary N) is 2. The number of fused-ring (bicyclic) bond motifs is 1. The van der Waals surface area contributed by atoms with Crippen molar-refractivity contribution in [3.8, 4) is 11.5 Å². The summed E-state index contributed by atoms with van der Waals surface area (Å²) in [4.78, 5) is 8.72. The lowest BCUT2D eigenvalue weighted by atomic mass is 10.2. The van der Waals surface area contributed by atoms with Crippen LogP contribution in [0.3, 0.4) is 0 Å². The van der Waals surface area contributed by atoms with E-state index in [1.54, 1.807) is 6.08 Å². The first-order valence-electron chi connectivity index (χ1n) is 6.62. The first kappa shape index (κ1) is 13.2. The predicted molar refractivity (Wildman–Crippen MR) is 81.3 cm³/mol. The Balaban J connectivity index is 1.80. The van der Waals surface area contributed by atoms with Crippen LogP contribution in [0.2, 0.25) is 0 Å². The zero-order valence-corrected chi connectivity index (χ0v) is 11.7. The number of aryl methyl sites for hydroxylation is 1. The Kier molecular flexibility index (Phi) is 3.59. The van der Waals surface area contributed by atoms with E-state index in [0.717, 1.165) is 22.9 Å². The molecule has 2 heterocycles. The van der Waals surface area contributed by atoms with Gasteiger partial charge in [0.15, 0.2) is 11.5 Å². The molecule has 0 atom stereocenters. The minimum atomic E-state index is 0.265. The zero-order valence-electron chi connectivity index (χ0n) is 11.7. The fourth-order valence-electron chi connectivity index (χ4n) is 2.00. The number of ether oxygens (including phenoxy) is 2. The highest BCUT2D eigenvalue weighted by molar-refractivity contribution is 5.62. The molecule has 1 aromatic carbocycles. The van der Waals surface area contributed by atoms with Crippen molar-refractivity contribution >= 4 is 17.5 Å². The largest absolute Gasteiger partial charge is 0.454 e. The molecule has 2 aromatic rings. The van der Waals surface area contributed by atoms with E-state index in [4.69, 9.17) is 9.47 Å². The van der Waals surface area contributed by atoms with E-state index in [-0.39, 0.29) is 6.79 Å². The van der Waals surface area contributed by atoms with Crippen molar-refractivity contribution in [1.82, 2.24) is 9.97 Å². The number of aromatic nitrogens is 2. The third kappa shape index (κ3) is 3.05. The van der Waals surface area contributed by atoms with Gasteiger partial charge in [0.25, 0.3) is 0 Å². The summed E-state index contributed by atoms with van der Waals surface area (Å²) >= 11 is 0. The van der Waals surface area contributed by atoms with Gasteiger partial charge in [-0.1, -0.05) is 6.08 Å². The molecule has 3 rings (SSSR count). The standard InChI is InChI=1S/C15H16N4O2/c1-3-6-16-15-17-10(2)7-14(19-15)18-11-4-5-12-13(8-11)21-9-20-12/h3-5,7-8H,1,6,9H2,2H3,(H2,16,17,18,19). The Bertz CT molecular complexity index is 673. The van der Waals surface area contributed by atoms with E-state index in [1.807, 2.05) is 31.2 Å². The highest BCUT2D eigenvalue weighted by atomic mass is 16.7. The van der Waals surface area contributed by atoms with Crippen LogP contribution in [0.1, 0.15) is 5.69 Å². The van der Waals surface area contributed by atoms with Gasteiger partial charge >= 0.3 is 0 Å². The second-order valence-corrected chi connectivity index (χ2v) is 4.58. The molecule has 1 aliphatic heterocycles. The van der Waals surface area contributed by atoms with Crippen LogP contribution in [-0.4, -0.2) is 23.3 Å². The van der Waals surface area contributed by atoms with E-state index in [0.29, 0.717) is 18.3 Å². The van der Waals surface area contributed by atoms with Gasteiger partial charge in [0, 0.05) is 30.1 Å². The maximum Gasteiger partial charge on any atom is 0.231 e. The maximum absolute atomic E-state index is 5.36. The van der Waals surface area contributed by atoms with Crippen molar-refractivity contribution in [2.45, 2.75) is 6.92 Å². The molecule has 0 saturated carbocycles. The molecule has 6 heteroatoms. The zero-order chi connectivity index (χ0) is 14.7. The Morgan fingerprint density at radius 3 is 2.95 bits per heavy atom. The fraction of sp³-hybridized carbons (Fsp3) is 0.200. The van der Waals surface area contributed by atoms with Gasteiger partial charge in [-0.3, -0.25) is 0 Å². The molecular formula is C15H16N4O2. The molecule has 1 aromatic heterocycles. The topological polar surface area (TPSA) is 68.3 Å². The van der Waals surface area contributed by atoms with Crippen LogP contribution in [0, 0.1) is 6.92 Å². The molecule has 108 valence electrons. The van der Waals surface area contributed by atoms with Gasteiger partial charge in [0.1, 0.15) is 5.82 Å². The van der Waals surface area contributed by atoms with Crippen molar-refractivity contribution in [3.05, 3.63) is 42.6 Å². The minimum Gasteiger partial charge on any atom is -0.454 e. The number of hydrogen-bond donors (Lipinski definition) is 2. The predicted octanol–water partition coefficient (Wildman–Crippen LogP) is 2.86. The number of anilines is 3. The molecule has 0 spiro atoms. The lowest BCUT2D eigenvalue weighted by Crippen LogP contribution is -2.05. The Morgan fingerprint density at radius 1 is 1.24 bits per heavy atom. The summed E-state index contributed by atoms with van der Waals surface area (Å²) in [5, 5.41) is 6.32. The lowest BCUT2D eigenvalue weighted by molar-refractivity contribution is 0.174. The maximum atomic E-state index is 5.36. The normalized spacial score (nSPS) is 12.0. The Morgan fingerprint density at radius 2 is 2.10 bits per heavy atom. The van der Waals surface area contributed by atoms with Gasteiger partial charge < -0.3 is 20.1 Å². The SMILES string of the molecule is C=CCNc1nc(C)cc(Nc2ccc3c(c2)OCO3)n1. The second-order valence-electron chi connectivity index (χ2n) is 4.58.